The molecule has 4 heteroatoms. The van der Waals surface area contributed by atoms with Crippen molar-refractivity contribution in [1.82, 2.24) is 9.97 Å². The molecular formula is C11H9N3O. The smallest absolute Gasteiger partial charge is 0.256 e. The van der Waals surface area contributed by atoms with Crippen molar-refractivity contribution in [2.75, 3.05) is 0 Å². The zero-order chi connectivity index (χ0) is 10.8. The molecule has 0 aliphatic heterocycles. The van der Waals surface area contributed by atoms with E-state index in [1.54, 1.807) is 24.5 Å². The third kappa shape index (κ3) is 1.57. The molecule has 2 aromatic rings. The molecule has 0 bridgehead atoms. The molecule has 0 amide bonds. The van der Waals surface area contributed by atoms with Gasteiger partial charge in [0.2, 0.25) is 0 Å². The summed E-state index contributed by atoms with van der Waals surface area (Å²) in [6, 6.07) is 3.51. The van der Waals surface area contributed by atoms with Crippen LogP contribution in [0.1, 0.15) is 5.56 Å². The Kier molecular flexibility index (Phi) is 2.17. The summed E-state index contributed by atoms with van der Waals surface area (Å²) in [5.74, 6) is 0. The molecule has 2 aromatic heterocycles. The minimum absolute atomic E-state index is 0.246. The zero-order valence-electron chi connectivity index (χ0n) is 7.95. The van der Waals surface area contributed by atoms with Gasteiger partial charge in [-0.1, -0.05) is 6.58 Å². The standard InChI is InChI=1S/C11H9N3O/c1-7(5-12)9-4-8-2-3-13-6-10(8)14-11(9)15/h2-6,12H,1H2,(H,14,15). The average molecular weight is 199 g/mol. The van der Waals surface area contributed by atoms with Gasteiger partial charge < -0.3 is 10.4 Å². The number of fused-ring (bicyclic) bond motifs is 1. The van der Waals surface area contributed by atoms with Crippen molar-refractivity contribution < 1.29 is 0 Å². The normalized spacial score (nSPS) is 10.1. The van der Waals surface area contributed by atoms with Crippen LogP contribution in [0.5, 0.6) is 0 Å². The van der Waals surface area contributed by atoms with Gasteiger partial charge in [0.05, 0.1) is 11.7 Å². The van der Waals surface area contributed by atoms with Gasteiger partial charge in [-0.15, -0.1) is 0 Å². The highest BCUT2D eigenvalue weighted by Crippen LogP contribution is 2.12. The highest BCUT2D eigenvalue weighted by Gasteiger charge is 2.04. The number of H-pyrrole nitrogens is 1. The van der Waals surface area contributed by atoms with Gasteiger partial charge in [0.15, 0.2) is 0 Å². The van der Waals surface area contributed by atoms with Crippen LogP contribution >= 0.6 is 0 Å². The fraction of sp³-hybridized carbons (Fsp3) is 0. The summed E-state index contributed by atoms with van der Waals surface area (Å²) in [5.41, 5.74) is 1.26. The van der Waals surface area contributed by atoms with Crippen molar-refractivity contribution in [3.8, 4) is 0 Å². The predicted molar refractivity (Wildman–Crippen MR) is 60.2 cm³/mol. The van der Waals surface area contributed by atoms with Crippen LogP contribution < -0.4 is 5.56 Å². The van der Waals surface area contributed by atoms with Crippen LogP contribution in [0.4, 0.5) is 0 Å². The van der Waals surface area contributed by atoms with Crippen LogP contribution in [-0.2, 0) is 0 Å². The Morgan fingerprint density at radius 3 is 3.13 bits per heavy atom. The Morgan fingerprint density at radius 1 is 1.60 bits per heavy atom. The molecule has 0 spiro atoms. The van der Waals surface area contributed by atoms with Crippen LogP contribution in [0.15, 0.2) is 35.9 Å². The maximum Gasteiger partial charge on any atom is 0.256 e. The van der Waals surface area contributed by atoms with Crippen molar-refractivity contribution in [3.63, 3.8) is 0 Å². The maximum absolute atomic E-state index is 11.6. The minimum atomic E-state index is -0.246. The quantitative estimate of drug-likeness (QED) is 0.721. The summed E-state index contributed by atoms with van der Waals surface area (Å²) in [7, 11) is 0. The summed E-state index contributed by atoms with van der Waals surface area (Å²) in [6.45, 7) is 3.63. The van der Waals surface area contributed by atoms with Crippen molar-refractivity contribution in [2.24, 2.45) is 0 Å². The van der Waals surface area contributed by atoms with E-state index in [2.05, 4.69) is 16.5 Å². The summed E-state index contributed by atoms with van der Waals surface area (Å²) in [5, 5.41) is 7.94. The van der Waals surface area contributed by atoms with Gasteiger partial charge in [0.1, 0.15) is 0 Å². The summed E-state index contributed by atoms with van der Waals surface area (Å²) in [6.07, 6.45) is 4.31. The largest absolute Gasteiger partial charge is 0.320 e. The van der Waals surface area contributed by atoms with Crippen LogP contribution in [0.2, 0.25) is 0 Å². The molecule has 0 radical (unpaired) electrons. The summed E-state index contributed by atoms with van der Waals surface area (Å²) in [4.78, 5) is 18.2. The second kappa shape index (κ2) is 3.49. The lowest BCUT2D eigenvalue weighted by Crippen LogP contribution is -2.11. The molecule has 2 N–H and O–H groups in total. The number of aromatic amines is 1. The van der Waals surface area contributed by atoms with E-state index in [4.69, 9.17) is 5.41 Å². The van der Waals surface area contributed by atoms with E-state index < -0.39 is 0 Å². The van der Waals surface area contributed by atoms with Crippen molar-refractivity contribution in [3.05, 3.63) is 47.0 Å². The molecule has 0 aliphatic carbocycles. The Hall–Kier alpha value is -2.23. The van der Waals surface area contributed by atoms with Crippen molar-refractivity contribution in [1.29, 1.82) is 5.41 Å². The summed E-state index contributed by atoms with van der Waals surface area (Å²) >= 11 is 0. The number of pyridine rings is 2. The number of hydrogen-bond acceptors (Lipinski definition) is 3. The fourth-order valence-electron chi connectivity index (χ4n) is 1.36. The predicted octanol–water partition coefficient (Wildman–Crippen LogP) is 1.59. The van der Waals surface area contributed by atoms with Gasteiger partial charge in [0, 0.05) is 23.4 Å². The Morgan fingerprint density at radius 2 is 2.40 bits per heavy atom. The minimum Gasteiger partial charge on any atom is -0.320 e. The first kappa shape index (κ1) is 9.33. The topological polar surface area (TPSA) is 69.6 Å². The highest BCUT2D eigenvalue weighted by atomic mass is 16.1. The molecule has 2 heterocycles. The molecule has 2 rings (SSSR count). The molecule has 74 valence electrons. The van der Waals surface area contributed by atoms with E-state index in [0.29, 0.717) is 16.7 Å². The van der Waals surface area contributed by atoms with E-state index in [0.717, 1.165) is 11.6 Å². The average Bonchev–Trinajstić information content (AvgIpc) is 2.27. The Balaban J connectivity index is 2.78. The van der Waals surface area contributed by atoms with Gasteiger partial charge >= 0.3 is 0 Å². The third-order valence-corrected chi connectivity index (χ3v) is 2.17. The fourth-order valence-corrected chi connectivity index (χ4v) is 1.36. The van der Waals surface area contributed by atoms with Crippen LogP contribution in [0.25, 0.3) is 16.5 Å². The SMILES string of the molecule is C=C(C=N)c1cc2ccncc2[nH]c1=O. The number of allylic oxidation sites excluding steroid dienone is 1. The Labute approximate surface area is 85.8 Å². The third-order valence-electron chi connectivity index (χ3n) is 2.17. The first-order valence-corrected chi connectivity index (χ1v) is 4.39. The molecule has 0 atom stereocenters. The van der Waals surface area contributed by atoms with Gasteiger partial charge in [-0.3, -0.25) is 9.78 Å². The van der Waals surface area contributed by atoms with Crippen LogP contribution in [-0.4, -0.2) is 16.2 Å². The molecule has 0 unspecified atom stereocenters. The molecule has 15 heavy (non-hydrogen) atoms. The number of aromatic nitrogens is 2. The lowest BCUT2D eigenvalue weighted by molar-refractivity contribution is 1.25. The van der Waals surface area contributed by atoms with Crippen molar-refractivity contribution in [2.45, 2.75) is 0 Å². The maximum atomic E-state index is 11.6. The van der Waals surface area contributed by atoms with Gasteiger partial charge in [-0.25, -0.2) is 0 Å². The first-order chi connectivity index (χ1) is 7.22. The lowest BCUT2D eigenvalue weighted by Gasteiger charge is -2.01. The zero-order valence-corrected chi connectivity index (χ0v) is 7.95. The van der Waals surface area contributed by atoms with Crippen LogP contribution in [0.3, 0.4) is 0 Å². The molecule has 0 aromatic carbocycles. The number of rotatable bonds is 2. The molecule has 0 aliphatic rings. The monoisotopic (exact) mass is 199 g/mol. The number of nitrogens with zero attached hydrogens (tertiary/aromatic N) is 1. The van der Waals surface area contributed by atoms with Crippen molar-refractivity contribution >= 4 is 22.7 Å². The van der Waals surface area contributed by atoms with E-state index in [1.165, 1.54) is 0 Å². The summed E-state index contributed by atoms with van der Waals surface area (Å²) < 4.78 is 0. The first-order valence-electron chi connectivity index (χ1n) is 4.39. The van der Waals surface area contributed by atoms with Gasteiger partial charge in [-0.05, 0) is 17.7 Å². The highest BCUT2D eigenvalue weighted by molar-refractivity contribution is 6.07. The molecular weight excluding hydrogens is 190 g/mol. The Bertz CT molecular complexity index is 598. The molecule has 0 fully saturated rings. The molecule has 4 nitrogen and oxygen atoms in total. The van der Waals surface area contributed by atoms with Gasteiger partial charge in [-0.2, -0.15) is 0 Å². The van der Waals surface area contributed by atoms with E-state index in [-0.39, 0.29) is 5.56 Å². The molecule has 0 saturated heterocycles. The van der Waals surface area contributed by atoms with E-state index in [9.17, 15) is 4.79 Å². The number of nitrogens with one attached hydrogen (secondary N) is 2. The lowest BCUT2D eigenvalue weighted by atomic mass is 10.1. The second-order valence-corrected chi connectivity index (χ2v) is 3.14. The number of hydrogen-bond donors (Lipinski definition) is 2. The van der Waals surface area contributed by atoms with Crippen LogP contribution in [0, 0.1) is 5.41 Å². The van der Waals surface area contributed by atoms with Gasteiger partial charge in [0.25, 0.3) is 5.56 Å². The second-order valence-electron chi connectivity index (χ2n) is 3.14. The van der Waals surface area contributed by atoms with E-state index >= 15 is 0 Å². The van der Waals surface area contributed by atoms with E-state index in [1.807, 2.05) is 0 Å². The molecule has 0 saturated carbocycles.